The molecule has 0 saturated carbocycles. The van der Waals surface area contributed by atoms with Gasteiger partial charge in [0, 0.05) is 18.1 Å². The predicted molar refractivity (Wildman–Crippen MR) is 95.7 cm³/mol. The average Bonchev–Trinajstić information content (AvgIpc) is 2.55. The van der Waals surface area contributed by atoms with Crippen LogP contribution >= 0.6 is 23.8 Å². The van der Waals surface area contributed by atoms with Crippen molar-refractivity contribution in [1.82, 2.24) is 10.6 Å². The topological polar surface area (TPSA) is 33.3 Å². The third kappa shape index (κ3) is 6.68. The Hall–Kier alpha value is -1.92. The molecular formula is C17H17ClF2N2OS. The predicted octanol–water partition coefficient (Wildman–Crippen LogP) is 4.15. The lowest BCUT2D eigenvalue weighted by atomic mass is 10.1. The molecule has 0 aliphatic carbocycles. The molecule has 0 aromatic heterocycles. The van der Waals surface area contributed by atoms with Crippen LogP contribution in [-0.2, 0) is 13.0 Å². The summed E-state index contributed by atoms with van der Waals surface area (Å²) in [5.41, 5.74) is 2.09. The Morgan fingerprint density at radius 2 is 1.62 bits per heavy atom. The first-order valence-corrected chi connectivity index (χ1v) is 8.11. The number of hydrogen-bond donors (Lipinski definition) is 2. The van der Waals surface area contributed by atoms with E-state index in [1.807, 2.05) is 24.3 Å². The number of halogens is 3. The standard InChI is InChI=1S/C17H17ClF2N2OS/c18-14-5-1-12(2-6-14)9-10-21-17(24)22-11-13-3-7-15(8-4-13)23-16(19)20/h1-8,16H,9-11H2,(H2,21,22,24). The Bertz CT molecular complexity index is 651. The molecule has 7 heteroatoms. The van der Waals surface area contributed by atoms with E-state index in [9.17, 15) is 8.78 Å². The zero-order valence-electron chi connectivity index (χ0n) is 12.8. The number of rotatable bonds is 7. The van der Waals surface area contributed by atoms with Crippen molar-refractivity contribution < 1.29 is 13.5 Å². The normalized spacial score (nSPS) is 10.5. The zero-order chi connectivity index (χ0) is 17.4. The maximum atomic E-state index is 12.1. The van der Waals surface area contributed by atoms with E-state index >= 15 is 0 Å². The van der Waals surface area contributed by atoms with Crippen molar-refractivity contribution in [2.24, 2.45) is 0 Å². The van der Waals surface area contributed by atoms with Gasteiger partial charge in [-0.2, -0.15) is 8.78 Å². The highest BCUT2D eigenvalue weighted by Crippen LogP contribution is 2.14. The van der Waals surface area contributed by atoms with Gasteiger partial charge >= 0.3 is 6.61 Å². The molecule has 0 radical (unpaired) electrons. The van der Waals surface area contributed by atoms with Gasteiger partial charge in [0.1, 0.15) is 5.75 Å². The van der Waals surface area contributed by atoms with Crippen LogP contribution in [0.2, 0.25) is 5.02 Å². The summed E-state index contributed by atoms with van der Waals surface area (Å²) >= 11 is 11.0. The molecule has 0 bridgehead atoms. The van der Waals surface area contributed by atoms with Gasteiger partial charge in [-0.15, -0.1) is 0 Å². The lowest BCUT2D eigenvalue weighted by Gasteiger charge is -2.11. The Balaban J connectivity index is 1.68. The van der Waals surface area contributed by atoms with Gasteiger partial charge in [-0.1, -0.05) is 35.9 Å². The van der Waals surface area contributed by atoms with Gasteiger partial charge in [-0.3, -0.25) is 0 Å². The molecule has 24 heavy (non-hydrogen) atoms. The number of nitrogens with one attached hydrogen (secondary N) is 2. The third-order valence-corrected chi connectivity index (χ3v) is 3.75. The van der Waals surface area contributed by atoms with Crippen LogP contribution in [-0.4, -0.2) is 18.3 Å². The van der Waals surface area contributed by atoms with Gasteiger partial charge in [0.15, 0.2) is 5.11 Å². The van der Waals surface area contributed by atoms with E-state index in [0.29, 0.717) is 23.2 Å². The van der Waals surface area contributed by atoms with E-state index in [4.69, 9.17) is 23.8 Å². The second-order valence-electron chi connectivity index (χ2n) is 5.01. The monoisotopic (exact) mass is 370 g/mol. The maximum absolute atomic E-state index is 12.1. The third-order valence-electron chi connectivity index (χ3n) is 3.21. The van der Waals surface area contributed by atoms with E-state index in [2.05, 4.69) is 15.4 Å². The van der Waals surface area contributed by atoms with Crippen molar-refractivity contribution in [3.8, 4) is 5.75 Å². The largest absolute Gasteiger partial charge is 0.435 e. The Kier molecular flexibility index (Phi) is 7.21. The fourth-order valence-electron chi connectivity index (χ4n) is 2.01. The Morgan fingerprint density at radius 3 is 2.25 bits per heavy atom. The minimum absolute atomic E-state index is 0.136. The van der Waals surface area contributed by atoms with Crippen molar-refractivity contribution in [3.05, 3.63) is 64.7 Å². The molecule has 0 spiro atoms. The van der Waals surface area contributed by atoms with E-state index < -0.39 is 6.61 Å². The summed E-state index contributed by atoms with van der Waals surface area (Å²) in [6.07, 6.45) is 0.832. The molecule has 0 aliphatic rings. The molecular weight excluding hydrogens is 354 g/mol. The molecule has 2 N–H and O–H groups in total. The minimum atomic E-state index is -2.81. The van der Waals surface area contributed by atoms with Crippen LogP contribution in [0, 0.1) is 0 Å². The lowest BCUT2D eigenvalue weighted by Crippen LogP contribution is -2.35. The molecule has 2 rings (SSSR count). The first kappa shape index (κ1) is 18.4. The SMILES string of the molecule is FC(F)Oc1ccc(CNC(=S)NCCc2ccc(Cl)cc2)cc1. The molecule has 0 saturated heterocycles. The smallest absolute Gasteiger partial charge is 0.387 e. The Morgan fingerprint density at radius 1 is 1.00 bits per heavy atom. The summed E-state index contributed by atoms with van der Waals surface area (Å²) in [6, 6.07) is 14.1. The lowest BCUT2D eigenvalue weighted by molar-refractivity contribution is -0.0498. The fraction of sp³-hybridized carbons (Fsp3) is 0.235. The molecule has 0 aliphatic heterocycles. The van der Waals surface area contributed by atoms with Crippen LogP contribution in [0.1, 0.15) is 11.1 Å². The van der Waals surface area contributed by atoms with Gasteiger partial charge in [-0.25, -0.2) is 0 Å². The van der Waals surface area contributed by atoms with Crippen molar-refractivity contribution in [3.63, 3.8) is 0 Å². The van der Waals surface area contributed by atoms with E-state index in [0.717, 1.165) is 12.0 Å². The summed E-state index contributed by atoms with van der Waals surface area (Å²) < 4.78 is 28.4. The van der Waals surface area contributed by atoms with Gasteiger partial charge in [-0.05, 0) is 54.0 Å². The molecule has 0 fully saturated rings. The average molecular weight is 371 g/mol. The summed E-state index contributed by atoms with van der Waals surface area (Å²) in [7, 11) is 0. The molecule has 3 nitrogen and oxygen atoms in total. The van der Waals surface area contributed by atoms with Crippen molar-refractivity contribution in [1.29, 1.82) is 0 Å². The van der Waals surface area contributed by atoms with Gasteiger partial charge in [0.2, 0.25) is 0 Å². The highest BCUT2D eigenvalue weighted by Gasteiger charge is 2.04. The van der Waals surface area contributed by atoms with Gasteiger partial charge < -0.3 is 15.4 Å². The molecule has 128 valence electrons. The number of hydrogen-bond acceptors (Lipinski definition) is 2. The molecule has 0 unspecified atom stereocenters. The fourth-order valence-corrected chi connectivity index (χ4v) is 2.31. The van der Waals surface area contributed by atoms with Crippen molar-refractivity contribution in [2.45, 2.75) is 19.6 Å². The van der Waals surface area contributed by atoms with Gasteiger partial charge in [0.05, 0.1) is 0 Å². The number of ether oxygens (including phenoxy) is 1. The maximum Gasteiger partial charge on any atom is 0.387 e. The summed E-state index contributed by atoms with van der Waals surface area (Å²) in [6.45, 7) is -1.61. The number of alkyl halides is 2. The van der Waals surface area contributed by atoms with Crippen LogP contribution in [0.5, 0.6) is 5.75 Å². The number of thiocarbonyl (C=S) groups is 1. The van der Waals surface area contributed by atoms with Crippen LogP contribution in [0.25, 0.3) is 0 Å². The van der Waals surface area contributed by atoms with Crippen molar-refractivity contribution >= 4 is 28.9 Å². The summed E-state index contributed by atoms with van der Waals surface area (Å²) in [4.78, 5) is 0. The first-order chi connectivity index (χ1) is 11.5. The van der Waals surface area contributed by atoms with Crippen LogP contribution in [0.3, 0.4) is 0 Å². The van der Waals surface area contributed by atoms with Crippen LogP contribution < -0.4 is 15.4 Å². The van der Waals surface area contributed by atoms with E-state index in [1.54, 1.807) is 12.1 Å². The minimum Gasteiger partial charge on any atom is -0.435 e. The molecule has 2 aromatic carbocycles. The van der Waals surface area contributed by atoms with Crippen LogP contribution in [0.15, 0.2) is 48.5 Å². The zero-order valence-corrected chi connectivity index (χ0v) is 14.3. The second kappa shape index (κ2) is 9.39. The van der Waals surface area contributed by atoms with Crippen molar-refractivity contribution in [2.75, 3.05) is 6.54 Å². The molecule has 0 heterocycles. The highest BCUT2D eigenvalue weighted by molar-refractivity contribution is 7.80. The summed E-state index contributed by atoms with van der Waals surface area (Å²) in [5, 5.41) is 7.44. The second-order valence-corrected chi connectivity index (χ2v) is 5.85. The summed E-state index contributed by atoms with van der Waals surface area (Å²) in [5.74, 6) is 0.136. The Labute approximate surface area is 150 Å². The first-order valence-electron chi connectivity index (χ1n) is 7.33. The van der Waals surface area contributed by atoms with Gasteiger partial charge in [0.25, 0.3) is 0 Å². The molecule has 2 aromatic rings. The quantitative estimate of drug-likeness (QED) is 0.717. The number of benzene rings is 2. The highest BCUT2D eigenvalue weighted by atomic mass is 35.5. The van der Waals surface area contributed by atoms with Crippen LogP contribution in [0.4, 0.5) is 8.78 Å². The molecule has 0 atom stereocenters. The molecule has 0 amide bonds. The van der Waals surface area contributed by atoms with E-state index in [1.165, 1.54) is 17.7 Å². The van der Waals surface area contributed by atoms with E-state index in [-0.39, 0.29) is 5.75 Å².